The molecule has 0 amide bonds. The van der Waals surface area contributed by atoms with Crippen LogP contribution in [0.3, 0.4) is 0 Å². The van der Waals surface area contributed by atoms with Gasteiger partial charge in [-0.05, 0) is 26.0 Å². The molecule has 3 rings (SSSR count). The van der Waals surface area contributed by atoms with Crippen LogP contribution in [-0.4, -0.2) is 78.7 Å². The SMILES string of the molecule is CN=C(NCCCN1CCN(c2ncccn2)CC1)NCCc1csc(C)n1. The van der Waals surface area contributed by atoms with Crippen LogP contribution in [0.1, 0.15) is 17.1 Å². The number of hydrogen-bond acceptors (Lipinski definition) is 7. The first-order valence-corrected chi connectivity index (χ1v) is 10.7. The number of thiazole rings is 1. The van der Waals surface area contributed by atoms with E-state index < -0.39 is 0 Å². The van der Waals surface area contributed by atoms with Gasteiger partial charge in [-0.15, -0.1) is 11.3 Å². The number of rotatable bonds is 8. The second kappa shape index (κ2) is 10.9. The highest BCUT2D eigenvalue weighted by molar-refractivity contribution is 7.09. The molecule has 3 heterocycles. The van der Waals surface area contributed by atoms with E-state index >= 15 is 0 Å². The van der Waals surface area contributed by atoms with Crippen LogP contribution in [0.5, 0.6) is 0 Å². The predicted octanol–water partition coefficient (Wildman–Crippen LogP) is 1.16. The summed E-state index contributed by atoms with van der Waals surface area (Å²) in [4.78, 5) is 22.2. The van der Waals surface area contributed by atoms with E-state index in [-0.39, 0.29) is 0 Å². The number of hydrogen-bond donors (Lipinski definition) is 2. The molecule has 2 N–H and O–H groups in total. The molecule has 1 aliphatic rings. The minimum absolute atomic E-state index is 0.839. The quantitative estimate of drug-likeness (QED) is 0.390. The summed E-state index contributed by atoms with van der Waals surface area (Å²) in [5, 5.41) is 10.00. The molecule has 0 aromatic carbocycles. The molecule has 1 fully saturated rings. The number of nitrogens with zero attached hydrogens (tertiary/aromatic N) is 6. The third kappa shape index (κ3) is 6.42. The number of guanidine groups is 1. The predicted molar refractivity (Wildman–Crippen MR) is 115 cm³/mol. The molecule has 0 atom stereocenters. The van der Waals surface area contributed by atoms with E-state index in [4.69, 9.17) is 0 Å². The summed E-state index contributed by atoms with van der Waals surface area (Å²) in [5.41, 5.74) is 1.14. The van der Waals surface area contributed by atoms with E-state index in [9.17, 15) is 0 Å². The van der Waals surface area contributed by atoms with E-state index in [1.165, 1.54) is 0 Å². The highest BCUT2D eigenvalue weighted by Crippen LogP contribution is 2.10. The van der Waals surface area contributed by atoms with E-state index in [0.29, 0.717) is 0 Å². The smallest absolute Gasteiger partial charge is 0.225 e. The molecule has 1 saturated heterocycles. The molecule has 0 radical (unpaired) electrons. The summed E-state index contributed by atoms with van der Waals surface area (Å²) in [5.74, 6) is 1.70. The van der Waals surface area contributed by atoms with Gasteiger partial charge in [0, 0.05) is 70.5 Å². The zero-order valence-corrected chi connectivity index (χ0v) is 17.6. The maximum absolute atomic E-state index is 4.49. The van der Waals surface area contributed by atoms with Gasteiger partial charge in [-0.2, -0.15) is 0 Å². The van der Waals surface area contributed by atoms with Crippen molar-refractivity contribution in [2.24, 2.45) is 4.99 Å². The number of nitrogens with one attached hydrogen (secondary N) is 2. The Balaban J connectivity index is 1.26. The summed E-state index contributed by atoms with van der Waals surface area (Å²) in [7, 11) is 1.81. The van der Waals surface area contributed by atoms with E-state index in [1.54, 1.807) is 23.7 Å². The van der Waals surface area contributed by atoms with Crippen LogP contribution in [0, 0.1) is 6.92 Å². The summed E-state index contributed by atoms with van der Waals surface area (Å²) in [6.45, 7) is 8.96. The fraction of sp³-hybridized carbons (Fsp3) is 0.579. The number of aromatic nitrogens is 3. The summed E-state index contributed by atoms with van der Waals surface area (Å²) >= 11 is 1.70. The van der Waals surface area contributed by atoms with Gasteiger partial charge in [0.2, 0.25) is 5.95 Å². The highest BCUT2D eigenvalue weighted by Gasteiger charge is 2.18. The van der Waals surface area contributed by atoms with Crippen molar-refractivity contribution in [3.05, 3.63) is 34.5 Å². The van der Waals surface area contributed by atoms with Crippen molar-refractivity contribution in [3.8, 4) is 0 Å². The van der Waals surface area contributed by atoms with Crippen LogP contribution in [0.2, 0.25) is 0 Å². The molecule has 0 saturated carbocycles. The van der Waals surface area contributed by atoms with E-state index in [2.05, 4.69) is 45.8 Å². The summed E-state index contributed by atoms with van der Waals surface area (Å²) < 4.78 is 0. The zero-order chi connectivity index (χ0) is 19.6. The van der Waals surface area contributed by atoms with Crippen LogP contribution >= 0.6 is 11.3 Å². The van der Waals surface area contributed by atoms with Gasteiger partial charge in [-0.25, -0.2) is 15.0 Å². The third-order valence-electron chi connectivity index (χ3n) is 4.71. The Hall–Kier alpha value is -2.26. The molecule has 0 spiro atoms. The molecule has 152 valence electrons. The Labute approximate surface area is 171 Å². The van der Waals surface area contributed by atoms with Crippen molar-refractivity contribution in [1.82, 2.24) is 30.5 Å². The van der Waals surface area contributed by atoms with E-state index in [1.807, 2.05) is 20.0 Å². The first-order valence-electron chi connectivity index (χ1n) is 9.84. The average Bonchev–Trinajstić information content (AvgIpc) is 3.16. The molecule has 9 heteroatoms. The van der Waals surface area contributed by atoms with E-state index in [0.717, 1.165) is 81.3 Å². The summed E-state index contributed by atoms with van der Waals surface area (Å²) in [6, 6.07) is 1.86. The van der Waals surface area contributed by atoms with Gasteiger partial charge in [0.05, 0.1) is 10.7 Å². The zero-order valence-electron chi connectivity index (χ0n) is 16.8. The second-order valence-corrected chi connectivity index (χ2v) is 7.83. The van der Waals surface area contributed by atoms with Crippen LogP contribution < -0.4 is 15.5 Å². The lowest BCUT2D eigenvalue weighted by atomic mass is 10.3. The average molecular weight is 403 g/mol. The Bertz CT molecular complexity index is 725. The second-order valence-electron chi connectivity index (χ2n) is 6.76. The molecule has 0 aliphatic carbocycles. The molecule has 0 bridgehead atoms. The first kappa shape index (κ1) is 20.5. The normalized spacial score (nSPS) is 15.6. The minimum Gasteiger partial charge on any atom is -0.356 e. The van der Waals surface area contributed by atoms with Gasteiger partial charge in [0.25, 0.3) is 0 Å². The number of piperazine rings is 1. The molecular formula is C19H30N8S. The Kier molecular flexibility index (Phi) is 7.98. The monoisotopic (exact) mass is 402 g/mol. The fourth-order valence-electron chi connectivity index (χ4n) is 3.19. The Morgan fingerprint density at radius 1 is 1.14 bits per heavy atom. The maximum Gasteiger partial charge on any atom is 0.225 e. The topological polar surface area (TPSA) is 81.6 Å². The molecule has 28 heavy (non-hydrogen) atoms. The lowest BCUT2D eigenvalue weighted by molar-refractivity contribution is 0.254. The first-order chi connectivity index (χ1) is 13.7. The van der Waals surface area contributed by atoms with Crippen molar-refractivity contribution in [1.29, 1.82) is 0 Å². The Morgan fingerprint density at radius 3 is 2.57 bits per heavy atom. The van der Waals surface area contributed by atoms with Crippen molar-refractivity contribution in [3.63, 3.8) is 0 Å². The van der Waals surface area contributed by atoms with Crippen LogP contribution in [-0.2, 0) is 6.42 Å². The van der Waals surface area contributed by atoms with Gasteiger partial charge in [0.1, 0.15) is 0 Å². The summed E-state index contributed by atoms with van der Waals surface area (Å²) in [6.07, 6.45) is 5.62. The fourth-order valence-corrected chi connectivity index (χ4v) is 3.84. The van der Waals surface area contributed by atoms with Gasteiger partial charge in [-0.3, -0.25) is 9.89 Å². The molecule has 2 aromatic heterocycles. The minimum atomic E-state index is 0.839. The van der Waals surface area contributed by atoms with Crippen molar-refractivity contribution in [2.45, 2.75) is 19.8 Å². The lowest BCUT2D eigenvalue weighted by Crippen LogP contribution is -2.47. The maximum atomic E-state index is 4.49. The number of aliphatic imine (C=N–C) groups is 1. The van der Waals surface area contributed by atoms with Gasteiger partial charge < -0.3 is 15.5 Å². The lowest BCUT2D eigenvalue weighted by Gasteiger charge is -2.34. The third-order valence-corrected chi connectivity index (χ3v) is 5.54. The van der Waals surface area contributed by atoms with Gasteiger partial charge in [0.15, 0.2) is 5.96 Å². The molecule has 2 aromatic rings. The van der Waals surface area contributed by atoms with Gasteiger partial charge >= 0.3 is 0 Å². The largest absolute Gasteiger partial charge is 0.356 e. The molecule has 8 nitrogen and oxygen atoms in total. The highest BCUT2D eigenvalue weighted by atomic mass is 32.1. The molecular weight excluding hydrogens is 372 g/mol. The van der Waals surface area contributed by atoms with Crippen molar-refractivity contribution >= 4 is 23.2 Å². The van der Waals surface area contributed by atoms with Gasteiger partial charge in [-0.1, -0.05) is 0 Å². The van der Waals surface area contributed by atoms with Crippen LogP contribution in [0.25, 0.3) is 0 Å². The van der Waals surface area contributed by atoms with Crippen LogP contribution in [0.4, 0.5) is 5.95 Å². The standard InChI is InChI=1S/C19H30N8S/c1-16-25-17(15-28-16)5-9-22-18(20-2)21-8-4-10-26-11-13-27(14-12-26)19-23-6-3-7-24-19/h3,6-7,15H,4-5,8-14H2,1-2H3,(H2,20,21,22). The van der Waals surface area contributed by atoms with Crippen LogP contribution in [0.15, 0.2) is 28.8 Å². The number of anilines is 1. The number of aryl methyl sites for hydroxylation is 1. The molecule has 0 unspecified atom stereocenters. The van der Waals surface area contributed by atoms with Crippen molar-refractivity contribution < 1.29 is 0 Å². The Morgan fingerprint density at radius 2 is 1.89 bits per heavy atom. The van der Waals surface area contributed by atoms with Crippen molar-refractivity contribution in [2.75, 3.05) is 57.8 Å². The molecule has 1 aliphatic heterocycles.